The molecule has 0 aliphatic rings. The number of Topliss-reactive ketones (excluding diaryl/α,β-unsaturated/α-hetero) is 1. The Morgan fingerprint density at radius 2 is 1.95 bits per heavy atom. The predicted molar refractivity (Wildman–Crippen MR) is 81.3 cm³/mol. The molecule has 0 amide bonds. The number of ether oxygens (including phenoxy) is 1. The minimum atomic E-state index is 0.202. The Hall–Kier alpha value is -1.16. The minimum absolute atomic E-state index is 0.202. The Balaban J connectivity index is 2.85. The molecule has 1 rings (SSSR count). The van der Waals surface area contributed by atoms with E-state index in [4.69, 9.17) is 4.74 Å². The molecule has 4 heteroatoms. The molecule has 0 atom stereocenters. The van der Waals surface area contributed by atoms with Crippen molar-refractivity contribution in [2.24, 2.45) is 5.92 Å². The van der Waals surface area contributed by atoms with Crippen molar-refractivity contribution < 1.29 is 9.53 Å². The van der Waals surface area contributed by atoms with Gasteiger partial charge in [-0.3, -0.25) is 9.48 Å². The van der Waals surface area contributed by atoms with Gasteiger partial charge in [-0.25, -0.2) is 0 Å². The van der Waals surface area contributed by atoms with Gasteiger partial charge in [-0.15, -0.1) is 0 Å². The monoisotopic (exact) mass is 280 g/mol. The molecule has 0 spiro atoms. The van der Waals surface area contributed by atoms with Crippen molar-refractivity contribution in [3.8, 4) is 0 Å². The van der Waals surface area contributed by atoms with Crippen molar-refractivity contribution in [1.29, 1.82) is 0 Å². The topological polar surface area (TPSA) is 44.1 Å². The number of nitrogens with zero attached hydrogens (tertiary/aromatic N) is 2. The van der Waals surface area contributed by atoms with Crippen molar-refractivity contribution in [2.75, 3.05) is 13.2 Å². The van der Waals surface area contributed by atoms with Crippen LogP contribution in [0.2, 0.25) is 0 Å². The van der Waals surface area contributed by atoms with E-state index in [0.29, 0.717) is 18.9 Å². The van der Waals surface area contributed by atoms with E-state index in [1.54, 1.807) is 0 Å². The molecule has 0 aliphatic carbocycles. The summed E-state index contributed by atoms with van der Waals surface area (Å²) < 4.78 is 7.58. The van der Waals surface area contributed by atoms with Crippen molar-refractivity contribution in [3.63, 3.8) is 0 Å². The second-order valence-corrected chi connectivity index (χ2v) is 5.44. The number of carbonyl (C=O) groups is 1. The molecule has 20 heavy (non-hydrogen) atoms. The molecule has 0 N–H and O–H groups in total. The highest BCUT2D eigenvalue weighted by molar-refractivity contribution is 5.98. The van der Waals surface area contributed by atoms with Crippen molar-refractivity contribution in [3.05, 3.63) is 17.0 Å². The van der Waals surface area contributed by atoms with E-state index >= 15 is 0 Å². The van der Waals surface area contributed by atoms with Crippen LogP contribution in [-0.4, -0.2) is 28.8 Å². The van der Waals surface area contributed by atoms with Crippen molar-refractivity contribution in [1.82, 2.24) is 9.78 Å². The van der Waals surface area contributed by atoms with Crippen molar-refractivity contribution >= 4 is 5.78 Å². The fraction of sp³-hybridized carbons (Fsp3) is 0.750. The zero-order valence-corrected chi connectivity index (χ0v) is 13.5. The van der Waals surface area contributed by atoms with Crippen LogP contribution in [0.1, 0.15) is 62.8 Å². The van der Waals surface area contributed by atoms with Gasteiger partial charge in [-0.05, 0) is 18.8 Å². The number of hydrogen-bond acceptors (Lipinski definition) is 3. The van der Waals surface area contributed by atoms with Crippen LogP contribution in [0.15, 0.2) is 0 Å². The molecule has 0 fully saturated rings. The summed E-state index contributed by atoms with van der Waals surface area (Å²) in [4.78, 5) is 12.1. The third-order valence-corrected chi connectivity index (χ3v) is 3.30. The highest BCUT2D eigenvalue weighted by Gasteiger charge is 2.20. The molecular formula is C16H28N2O2. The lowest BCUT2D eigenvalue weighted by molar-refractivity contribution is 0.0980. The molecule has 1 aromatic heterocycles. The second-order valence-electron chi connectivity index (χ2n) is 5.44. The van der Waals surface area contributed by atoms with E-state index in [0.717, 1.165) is 42.9 Å². The van der Waals surface area contributed by atoms with Crippen LogP contribution < -0.4 is 0 Å². The Labute approximate surface area is 122 Å². The molecule has 1 heterocycles. The van der Waals surface area contributed by atoms with Crippen LogP contribution >= 0.6 is 0 Å². The first-order valence-corrected chi connectivity index (χ1v) is 7.74. The van der Waals surface area contributed by atoms with Gasteiger partial charge in [0.1, 0.15) is 0 Å². The van der Waals surface area contributed by atoms with Crippen molar-refractivity contribution in [2.45, 2.75) is 60.4 Å². The van der Waals surface area contributed by atoms with E-state index in [1.165, 1.54) is 0 Å². The highest BCUT2D eigenvalue weighted by Crippen LogP contribution is 2.18. The zero-order chi connectivity index (χ0) is 15.1. The van der Waals surface area contributed by atoms with E-state index in [1.807, 2.05) is 18.5 Å². The van der Waals surface area contributed by atoms with Gasteiger partial charge in [-0.1, -0.05) is 34.6 Å². The first kappa shape index (κ1) is 16.9. The lowest BCUT2D eigenvalue weighted by atomic mass is 10.0. The Morgan fingerprint density at radius 1 is 1.25 bits per heavy atom. The average molecular weight is 280 g/mol. The number of aryl methyl sites for hydroxylation is 1. The maximum Gasteiger partial charge on any atom is 0.166 e. The van der Waals surface area contributed by atoms with E-state index in [-0.39, 0.29) is 5.78 Å². The Morgan fingerprint density at radius 3 is 2.45 bits per heavy atom. The van der Waals surface area contributed by atoms with Gasteiger partial charge in [0.05, 0.1) is 24.4 Å². The molecule has 0 bridgehead atoms. The molecule has 1 aromatic rings. The summed E-state index contributed by atoms with van der Waals surface area (Å²) in [5, 5.41) is 4.60. The maximum atomic E-state index is 12.1. The Kier molecular flexibility index (Phi) is 6.93. The third-order valence-electron chi connectivity index (χ3n) is 3.30. The first-order chi connectivity index (χ1) is 9.54. The molecular weight excluding hydrogens is 252 g/mol. The average Bonchev–Trinajstić information content (AvgIpc) is 2.80. The standard InChI is InChI=1S/C16H28N2O2/c1-6-13-16(15(19)8-3)14(7-2)18(17-13)9-10-20-11-12(4)5/h12H,6-11H2,1-5H3. The molecule has 114 valence electrons. The summed E-state index contributed by atoms with van der Waals surface area (Å²) in [5.74, 6) is 0.745. The minimum Gasteiger partial charge on any atom is -0.379 e. The SMILES string of the molecule is CCC(=O)c1c(CC)nn(CCOCC(C)C)c1CC. The van der Waals surface area contributed by atoms with Crippen LogP contribution in [0, 0.1) is 5.92 Å². The summed E-state index contributed by atoms with van der Waals surface area (Å²) in [6, 6.07) is 0. The molecule has 4 nitrogen and oxygen atoms in total. The summed E-state index contributed by atoms with van der Waals surface area (Å²) in [7, 11) is 0. The van der Waals surface area contributed by atoms with Gasteiger partial charge in [0.25, 0.3) is 0 Å². The van der Waals surface area contributed by atoms with Gasteiger partial charge < -0.3 is 4.74 Å². The largest absolute Gasteiger partial charge is 0.379 e. The van der Waals surface area contributed by atoms with E-state index in [2.05, 4.69) is 25.9 Å². The smallest absolute Gasteiger partial charge is 0.166 e. The van der Waals surface area contributed by atoms with Crippen LogP contribution in [0.5, 0.6) is 0 Å². The molecule has 0 aromatic carbocycles. The normalized spacial score (nSPS) is 11.3. The van der Waals surface area contributed by atoms with Crippen LogP contribution in [-0.2, 0) is 24.1 Å². The molecule has 0 unspecified atom stereocenters. The maximum absolute atomic E-state index is 12.1. The third kappa shape index (κ3) is 4.17. The Bertz CT molecular complexity index is 436. The highest BCUT2D eigenvalue weighted by atomic mass is 16.5. The summed E-state index contributed by atoms with van der Waals surface area (Å²) in [6.45, 7) is 12.4. The molecule has 0 aliphatic heterocycles. The lowest BCUT2D eigenvalue weighted by Crippen LogP contribution is -2.13. The molecule has 0 radical (unpaired) electrons. The number of rotatable bonds is 9. The van der Waals surface area contributed by atoms with Gasteiger partial charge in [0.2, 0.25) is 0 Å². The van der Waals surface area contributed by atoms with Gasteiger partial charge in [0.15, 0.2) is 5.78 Å². The van der Waals surface area contributed by atoms with Crippen LogP contribution in [0.25, 0.3) is 0 Å². The summed E-state index contributed by atoms with van der Waals surface area (Å²) >= 11 is 0. The van der Waals surface area contributed by atoms with Gasteiger partial charge >= 0.3 is 0 Å². The van der Waals surface area contributed by atoms with Crippen LogP contribution in [0.4, 0.5) is 0 Å². The molecule has 0 saturated carbocycles. The van der Waals surface area contributed by atoms with Crippen LogP contribution in [0.3, 0.4) is 0 Å². The number of ketones is 1. The zero-order valence-electron chi connectivity index (χ0n) is 13.5. The molecule has 0 saturated heterocycles. The first-order valence-electron chi connectivity index (χ1n) is 7.74. The summed E-state index contributed by atoms with van der Waals surface area (Å²) in [5.41, 5.74) is 2.83. The fourth-order valence-electron chi connectivity index (χ4n) is 2.31. The van der Waals surface area contributed by atoms with Gasteiger partial charge in [0, 0.05) is 18.7 Å². The number of carbonyl (C=O) groups excluding carboxylic acids is 1. The number of hydrogen-bond donors (Lipinski definition) is 0. The lowest BCUT2D eigenvalue weighted by Gasteiger charge is -2.09. The summed E-state index contributed by atoms with van der Waals surface area (Å²) in [6.07, 6.45) is 2.17. The predicted octanol–water partition coefficient (Wildman–Crippen LogP) is 3.27. The van der Waals surface area contributed by atoms with E-state index in [9.17, 15) is 4.79 Å². The van der Waals surface area contributed by atoms with Gasteiger partial charge in [-0.2, -0.15) is 5.10 Å². The quantitative estimate of drug-likeness (QED) is 0.515. The number of aromatic nitrogens is 2. The fourth-order valence-corrected chi connectivity index (χ4v) is 2.31. The second kappa shape index (κ2) is 8.20. The van der Waals surface area contributed by atoms with E-state index < -0.39 is 0 Å².